The van der Waals surface area contributed by atoms with Crippen LogP contribution in [0.2, 0.25) is 5.02 Å². The smallest absolute Gasteiger partial charge is 0.315 e. The van der Waals surface area contributed by atoms with Crippen molar-refractivity contribution >= 4 is 28.5 Å². The monoisotopic (exact) mass is 353 g/mol. The maximum atomic E-state index is 12.3. The van der Waals surface area contributed by atoms with Crippen molar-refractivity contribution in [2.45, 2.75) is 24.8 Å². The number of hydrogen-bond donors (Lipinski definition) is 3. The Morgan fingerprint density at radius 3 is 2.64 bits per heavy atom. The highest BCUT2D eigenvalue weighted by Gasteiger charge is 2.45. The minimum atomic E-state index is -0.227. The van der Waals surface area contributed by atoms with Crippen LogP contribution in [0.4, 0.5) is 4.79 Å². The van der Waals surface area contributed by atoms with Crippen LogP contribution >= 0.6 is 11.6 Å². The lowest BCUT2D eigenvalue weighted by molar-refractivity contribution is 0.236. The molecule has 3 N–H and O–H groups in total. The molecule has 0 saturated heterocycles. The van der Waals surface area contributed by atoms with Gasteiger partial charge in [0, 0.05) is 28.7 Å². The molecule has 0 spiro atoms. The molecule has 2 aromatic carbocycles. The molecule has 5 heteroatoms. The van der Waals surface area contributed by atoms with Crippen molar-refractivity contribution in [1.82, 2.24) is 15.6 Å². The Labute approximate surface area is 151 Å². The van der Waals surface area contributed by atoms with Crippen LogP contribution in [0.1, 0.15) is 24.0 Å². The maximum Gasteiger partial charge on any atom is 0.315 e. The SMILES string of the molecule is O=C(NCCc1c[nH]c2ccccc12)NC1(c2ccc(Cl)cc2)CC1. The number of carbonyl (C=O) groups excluding carboxylic acids is 1. The summed E-state index contributed by atoms with van der Waals surface area (Å²) < 4.78 is 0. The van der Waals surface area contributed by atoms with Gasteiger partial charge in [-0.25, -0.2) is 4.79 Å². The summed E-state index contributed by atoms with van der Waals surface area (Å²) in [5.74, 6) is 0. The van der Waals surface area contributed by atoms with E-state index in [-0.39, 0.29) is 11.6 Å². The van der Waals surface area contributed by atoms with Crippen LogP contribution in [-0.2, 0) is 12.0 Å². The number of fused-ring (bicyclic) bond motifs is 1. The number of halogens is 1. The minimum absolute atomic E-state index is 0.118. The molecule has 0 radical (unpaired) electrons. The van der Waals surface area contributed by atoms with Crippen LogP contribution < -0.4 is 10.6 Å². The number of para-hydroxylation sites is 1. The van der Waals surface area contributed by atoms with Crippen molar-refractivity contribution in [3.8, 4) is 0 Å². The third kappa shape index (κ3) is 3.35. The molecule has 0 atom stereocenters. The van der Waals surface area contributed by atoms with Gasteiger partial charge >= 0.3 is 6.03 Å². The second-order valence-corrected chi connectivity index (χ2v) is 7.02. The zero-order valence-corrected chi connectivity index (χ0v) is 14.6. The molecule has 128 valence electrons. The first-order valence-corrected chi connectivity index (χ1v) is 8.91. The third-order valence-electron chi connectivity index (χ3n) is 4.85. The second kappa shape index (κ2) is 6.45. The van der Waals surface area contributed by atoms with Gasteiger partial charge in [-0.15, -0.1) is 0 Å². The number of nitrogens with one attached hydrogen (secondary N) is 3. The highest BCUT2D eigenvalue weighted by Crippen LogP contribution is 2.45. The number of H-pyrrole nitrogens is 1. The van der Waals surface area contributed by atoms with Gasteiger partial charge in [0.05, 0.1) is 5.54 Å². The Balaban J connectivity index is 1.33. The van der Waals surface area contributed by atoms with E-state index in [1.165, 1.54) is 10.9 Å². The van der Waals surface area contributed by atoms with Crippen molar-refractivity contribution in [3.63, 3.8) is 0 Å². The van der Waals surface area contributed by atoms with Gasteiger partial charge in [0.2, 0.25) is 0 Å². The summed E-state index contributed by atoms with van der Waals surface area (Å²) in [4.78, 5) is 15.5. The molecule has 3 aromatic rings. The third-order valence-corrected chi connectivity index (χ3v) is 5.11. The summed E-state index contributed by atoms with van der Waals surface area (Å²) in [6.07, 6.45) is 4.74. The van der Waals surface area contributed by atoms with Crippen molar-refractivity contribution in [1.29, 1.82) is 0 Å². The Morgan fingerprint density at radius 1 is 1.12 bits per heavy atom. The average Bonchev–Trinajstić information content (AvgIpc) is 3.28. The summed E-state index contributed by atoms with van der Waals surface area (Å²) >= 11 is 5.94. The van der Waals surface area contributed by atoms with E-state index in [1.807, 2.05) is 42.6 Å². The highest BCUT2D eigenvalue weighted by molar-refractivity contribution is 6.30. The lowest BCUT2D eigenvalue weighted by Gasteiger charge is -2.18. The van der Waals surface area contributed by atoms with Crippen LogP contribution in [0.3, 0.4) is 0 Å². The van der Waals surface area contributed by atoms with Crippen molar-refractivity contribution in [2.24, 2.45) is 0 Å². The average molecular weight is 354 g/mol. The number of amides is 2. The lowest BCUT2D eigenvalue weighted by Crippen LogP contribution is -2.42. The summed E-state index contributed by atoms with van der Waals surface area (Å²) in [6.45, 7) is 0.602. The molecule has 0 unspecified atom stereocenters. The maximum absolute atomic E-state index is 12.3. The number of benzene rings is 2. The van der Waals surface area contributed by atoms with E-state index < -0.39 is 0 Å². The van der Waals surface area contributed by atoms with Crippen LogP contribution in [0.5, 0.6) is 0 Å². The topological polar surface area (TPSA) is 56.9 Å². The molecule has 1 fully saturated rings. The van der Waals surface area contributed by atoms with Gasteiger partial charge in [0.1, 0.15) is 0 Å². The standard InChI is InChI=1S/C20H20ClN3O/c21-16-7-5-15(6-8-16)20(10-11-20)24-19(25)22-12-9-14-13-23-18-4-2-1-3-17(14)18/h1-8,13,23H,9-12H2,(H2,22,24,25). The van der Waals surface area contributed by atoms with E-state index in [2.05, 4.69) is 27.8 Å². The van der Waals surface area contributed by atoms with E-state index in [9.17, 15) is 4.79 Å². The van der Waals surface area contributed by atoms with Gasteiger partial charge in [0.15, 0.2) is 0 Å². The molecule has 0 aliphatic heterocycles. The summed E-state index contributed by atoms with van der Waals surface area (Å²) in [6, 6.07) is 15.8. The van der Waals surface area contributed by atoms with E-state index in [1.54, 1.807) is 0 Å². The van der Waals surface area contributed by atoms with E-state index in [0.29, 0.717) is 11.6 Å². The van der Waals surface area contributed by atoms with Crippen molar-refractivity contribution in [3.05, 3.63) is 70.9 Å². The van der Waals surface area contributed by atoms with Crippen molar-refractivity contribution in [2.75, 3.05) is 6.54 Å². The van der Waals surface area contributed by atoms with Gasteiger partial charge in [-0.05, 0) is 48.6 Å². The normalized spacial score (nSPS) is 15.1. The molecule has 1 aromatic heterocycles. The van der Waals surface area contributed by atoms with Crippen LogP contribution in [0.15, 0.2) is 54.7 Å². The Kier molecular flexibility index (Phi) is 4.14. The number of aromatic nitrogens is 1. The highest BCUT2D eigenvalue weighted by atomic mass is 35.5. The fraction of sp³-hybridized carbons (Fsp3) is 0.250. The molecular formula is C20H20ClN3O. The van der Waals surface area contributed by atoms with E-state index in [0.717, 1.165) is 30.3 Å². The summed E-state index contributed by atoms with van der Waals surface area (Å²) in [5.41, 5.74) is 3.23. The summed E-state index contributed by atoms with van der Waals surface area (Å²) in [5, 5.41) is 8.02. The van der Waals surface area contributed by atoms with E-state index in [4.69, 9.17) is 11.6 Å². The van der Waals surface area contributed by atoms with Gasteiger partial charge in [-0.3, -0.25) is 0 Å². The molecule has 1 heterocycles. The van der Waals surface area contributed by atoms with Gasteiger partial charge < -0.3 is 15.6 Å². The molecule has 0 bridgehead atoms. The first-order valence-electron chi connectivity index (χ1n) is 8.53. The number of aromatic amines is 1. The van der Waals surface area contributed by atoms with Crippen LogP contribution in [0, 0.1) is 0 Å². The first kappa shape index (κ1) is 16.0. The van der Waals surface area contributed by atoms with Crippen molar-refractivity contribution < 1.29 is 4.79 Å². The Bertz CT molecular complexity index is 897. The fourth-order valence-corrected chi connectivity index (χ4v) is 3.42. The number of carbonyl (C=O) groups is 1. The first-order chi connectivity index (χ1) is 12.2. The predicted molar refractivity (Wildman–Crippen MR) is 101 cm³/mol. The molecular weight excluding hydrogens is 334 g/mol. The zero-order chi connectivity index (χ0) is 17.3. The van der Waals surface area contributed by atoms with Crippen LogP contribution in [-0.4, -0.2) is 17.6 Å². The van der Waals surface area contributed by atoms with Gasteiger partial charge in [0.25, 0.3) is 0 Å². The number of urea groups is 1. The quantitative estimate of drug-likeness (QED) is 0.627. The second-order valence-electron chi connectivity index (χ2n) is 6.58. The van der Waals surface area contributed by atoms with Gasteiger partial charge in [-0.2, -0.15) is 0 Å². The Morgan fingerprint density at radius 2 is 1.88 bits per heavy atom. The predicted octanol–water partition coefficient (Wildman–Crippen LogP) is 4.35. The molecule has 4 nitrogen and oxygen atoms in total. The van der Waals surface area contributed by atoms with E-state index >= 15 is 0 Å². The van der Waals surface area contributed by atoms with Crippen LogP contribution in [0.25, 0.3) is 10.9 Å². The lowest BCUT2D eigenvalue weighted by atomic mass is 10.1. The molecule has 2 amide bonds. The fourth-order valence-electron chi connectivity index (χ4n) is 3.29. The Hall–Kier alpha value is -2.46. The summed E-state index contributed by atoms with van der Waals surface area (Å²) in [7, 11) is 0. The molecule has 1 saturated carbocycles. The molecule has 1 aliphatic rings. The van der Waals surface area contributed by atoms with Gasteiger partial charge in [-0.1, -0.05) is 41.9 Å². The molecule has 25 heavy (non-hydrogen) atoms. The zero-order valence-electron chi connectivity index (χ0n) is 13.8. The largest absolute Gasteiger partial charge is 0.361 e. The molecule has 1 aliphatic carbocycles. The minimum Gasteiger partial charge on any atom is -0.361 e. The number of hydrogen-bond acceptors (Lipinski definition) is 1. The molecule has 4 rings (SSSR count). The number of rotatable bonds is 5.